The molecule has 1 fully saturated rings. The lowest BCUT2D eigenvalue weighted by Gasteiger charge is -2.05. The normalized spacial score (nSPS) is 26.9. The summed E-state index contributed by atoms with van der Waals surface area (Å²) in [5.74, 6) is 0.330. The molecule has 1 N–H and O–H groups in total. The molecule has 1 saturated carbocycles. The zero-order valence-corrected chi connectivity index (χ0v) is 8.27. The summed E-state index contributed by atoms with van der Waals surface area (Å²) in [5.41, 5.74) is 2.42. The second-order valence-electron chi connectivity index (χ2n) is 4.21. The van der Waals surface area contributed by atoms with E-state index in [1.807, 2.05) is 18.2 Å². The molecule has 0 aromatic heterocycles. The van der Waals surface area contributed by atoms with Gasteiger partial charge in [0.1, 0.15) is 5.75 Å². The average Bonchev–Trinajstić information content (AvgIpc) is 2.87. The van der Waals surface area contributed by atoms with Crippen LogP contribution in [0.1, 0.15) is 23.5 Å². The van der Waals surface area contributed by atoms with Gasteiger partial charge in [-0.05, 0) is 24.0 Å². The van der Waals surface area contributed by atoms with Crippen molar-refractivity contribution >= 4 is 5.97 Å². The van der Waals surface area contributed by atoms with Gasteiger partial charge in [0.15, 0.2) is 0 Å². The van der Waals surface area contributed by atoms with Gasteiger partial charge in [0.2, 0.25) is 0 Å². The summed E-state index contributed by atoms with van der Waals surface area (Å²) < 4.78 is 5.47. The first kappa shape index (κ1) is 8.77. The van der Waals surface area contributed by atoms with Crippen molar-refractivity contribution < 1.29 is 14.6 Å². The van der Waals surface area contributed by atoms with E-state index in [0.717, 1.165) is 25.2 Å². The molecule has 2 atom stereocenters. The number of benzene rings is 1. The lowest BCUT2D eigenvalue weighted by molar-refractivity contribution is -0.138. The Bertz CT molecular complexity index is 425. The summed E-state index contributed by atoms with van der Waals surface area (Å²) in [6.45, 7) is 0.733. The van der Waals surface area contributed by atoms with Crippen molar-refractivity contribution in [1.29, 1.82) is 0 Å². The number of carboxylic acids is 1. The number of carbonyl (C=O) groups is 1. The average molecular weight is 204 g/mol. The maximum Gasteiger partial charge on any atom is 0.307 e. The SMILES string of the molecule is O=C(O)C1CC1c1cccc2c1CCO2. The van der Waals surface area contributed by atoms with Crippen molar-refractivity contribution in [3.05, 3.63) is 29.3 Å². The Balaban J connectivity index is 1.94. The largest absolute Gasteiger partial charge is 0.493 e. The number of ether oxygens (including phenoxy) is 1. The van der Waals surface area contributed by atoms with Crippen molar-refractivity contribution in [1.82, 2.24) is 0 Å². The summed E-state index contributed by atoms with van der Waals surface area (Å²) in [6.07, 6.45) is 1.71. The monoisotopic (exact) mass is 204 g/mol. The fourth-order valence-corrected chi connectivity index (χ4v) is 2.41. The summed E-state index contributed by atoms with van der Waals surface area (Å²) in [5, 5.41) is 8.90. The van der Waals surface area contributed by atoms with Crippen molar-refractivity contribution in [2.75, 3.05) is 6.61 Å². The molecular formula is C12H12O3. The highest BCUT2D eigenvalue weighted by molar-refractivity contribution is 5.75. The molecule has 0 bridgehead atoms. The maximum atomic E-state index is 10.8. The first-order valence-electron chi connectivity index (χ1n) is 5.25. The van der Waals surface area contributed by atoms with Crippen LogP contribution in [0.5, 0.6) is 5.75 Å². The predicted octanol–water partition coefficient (Wildman–Crippen LogP) is 1.81. The van der Waals surface area contributed by atoms with E-state index in [4.69, 9.17) is 9.84 Å². The molecule has 0 radical (unpaired) electrons. The smallest absolute Gasteiger partial charge is 0.307 e. The quantitative estimate of drug-likeness (QED) is 0.799. The molecule has 1 aliphatic carbocycles. The second kappa shape index (κ2) is 2.99. The molecule has 1 aromatic carbocycles. The van der Waals surface area contributed by atoms with Crippen LogP contribution in [-0.4, -0.2) is 17.7 Å². The van der Waals surface area contributed by atoms with E-state index in [-0.39, 0.29) is 11.8 Å². The minimum atomic E-state index is -0.670. The fraction of sp³-hybridized carbons (Fsp3) is 0.417. The number of fused-ring (bicyclic) bond motifs is 1. The molecule has 78 valence electrons. The molecule has 3 rings (SSSR count). The van der Waals surface area contributed by atoms with E-state index in [1.165, 1.54) is 11.1 Å². The highest BCUT2D eigenvalue weighted by Crippen LogP contribution is 2.50. The lowest BCUT2D eigenvalue weighted by Crippen LogP contribution is -2.00. The van der Waals surface area contributed by atoms with E-state index in [0.29, 0.717) is 0 Å². The Morgan fingerprint density at radius 3 is 3.07 bits per heavy atom. The van der Waals surface area contributed by atoms with Crippen LogP contribution in [0.3, 0.4) is 0 Å². The standard InChI is InChI=1S/C12H12O3/c13-12(14)10-6-9(10)7-2-1-3-11-8(7)4-5-15-11/h1-3,9-10H,4-6H2,(H,13,14). The number of hydrogen-bond donors (Lipinski definition) is 1. The van der Waals surface area contributed by atoms with Gasteiger partial charge in [0.05, 0.1) is 12.5 Å². The summed E-state index contributed by atoms with van der Waals surface area (Å²) in [6, 6.07) is 5.96. The van der Waals surface area contributed by atoms with Crippen LogP contribution in [0, 0.1) is 5.92 Å². The Kier molecular flexibility index (Phi) is 1.75. The molecule has 15 heavy (non-hydrogen) atoms. The highest BCUT2D eigenvalue weighted by Gasteiger charge is 2.45. The molecule has 2 aliphatic rings. The van der Waals surface area contributed by atoms with Crippen LogP contribution in [0.25, 0.3) is 0 Å². The molecule has 3 heteroatoms. The number of rotatable bonds is 2. The van der Waals surface area contributed by atoms with Gasteiger partial charge in [0.25, 0.3) is 0 Å². The first-order valence-corrected chi connectivity index (χ1v) is 5.25. The summed E-state index contributed by atoms with van der Waals surface area (Å²) >= 11 is 0. The van der Waals surface area contributed by atoms with Crippen LogP contribution in [0.15, 0.2) is 18.2 Å². The van der Waals surface area contributed by atoms with Crippen molar-refractivity contribution in [2.24, 2.45) is 5.92 Å². The van der Waals surface area contributed by atoms with Gasteiger partial charge in [-0.3, -0.25) is 4.79 Å². The molecule has 1 aromatic rings. The third-order valence-electron chi connectivity index (χ3n) is 3.29. The van der Waals surface area contributed by atoms with Crippen molar-refractivity contribution in [3.63, 3.8) is 0 Å². The number of aliphatic carboxylic acids is 1. The van der Waals surface area contributed by atoms with Gasteiger partial charge in [0, 0.05) is 12.0 Å². The molecule has 0 spiro atoms. The van der Waals surface area contributed by atoms with E-state index < -0.39 is 5.97 Å². The molecule has 2 unspecified atom stereocenters. The number of hydrogen-bond acceptors (Lipinski definition) is 2. The van der Waals surface area contributed by atoms with Gasteiger partial charge in [-0.1, -0.05) is 12.1 Å². The van der Waals surface area contributed by atoms with Crippen LogP contribution in [-0.2, 0) is 11.2 Å². The minimum absolute atomic E-state index is 0.169. The minimum Gasteiger partial charge on any atom is -0.493 e. The third-order valence-corrected chi connectivity index (χ3v) is 3.29. The van der Waals surface area contributed by atoms with E-state index in [9.17, 15) is 4.79 Å². The fourth-order valence-electron chi connectivity index (χ4n) is 2.41. The Morgan fingerprint density at radius 1 is 1.47 bits per heavy atom. The van der Waals surface area contributed by atoms with Crippen LogP contribution in [0.2, 0.25) is 0 Å². The molecule has 3 nitrogen and oxygen atoms in total. The molecule has 1 heterocycles. The van der Waals surface area contributed by atoms with Crippen molar-refractivity contribution in [3.8, 4) is 5.75 Å². The Labute approximate surface area is 87.7 Å². The Morgan fingerprint density at radius 2 is 2.33 bits per heavy atom. The van der Waals surface area contributed by atoms with Gasteiger partial charge < -0.3 is 9.84 Å². The molecule has 1 aliphatic heterocycles. The van der Waals surface area contributed by atoms with Gasteiger partial charge >= 0.3 is 5.97 Å². The first-order chi connectivity index (χ1) is 7.27. The summed E-state index contributed by atoms with van der Waals surface area (Å²) in [7, 11) is 0. The molecule has 0 amide bonds. The van der Waals surface area contributed by atoms with Crippen LogP contribution in [0.4, 0.5) is 0 Å². The number of carboxylic acid groups (broad SMARTS) is 1. The highest BCUT2D eigenvalue weighted by atomic mass is 16.5. The van der Waals surface area contributed by atoms with Gasteiger partial charge in [-0.25, -0.2) is 0 Å². The topological polar surface area (TPSA) is 46.5 Å². The van der Waals surface area contributed by atoms with Crippen LogP contribution >= 0.6 is 0 Å². The summed E-state index contributed by atoms with van der Waals surface area (Å²) in [4.78, 5) is 10.8. The van der Waals surface area contributed by atoms with E-state index in [1.54, 1.807) is 0 Å². The van der Waals surface area contributed by atoms with Gasteiger partial charge in [-0.15, -0.1) is 0 Å². The molecule has 0 saturated heterocycles. The van der Waals surface area contributed by atoms with Crippen LogP contribution < -0.4 is 4.74 Å². The van der Waals surface area contributed by atoms with Crippen molar-refractivity contribution in [2.45, 2.75) is 18.8 Å². The third kappa shape index (κ3) is 1.30. The van der Waals surface area contributed by atoms with Gasteiger partial charge in [-0.2, -0.15) is 0 Å². The van der Waals surface area contributed by atoms with E-state index in [2.05, 4.69) is 0 Å². The van der Waals surface area contributed by atoms with E-state index >= 15 is 0 Å². The maximum absolute atomic E-state index is 10.8. The predicted molar refractivity (Wildman–Crippen MR) is 54.1 cm³/mol. The Hall–Kier alpha value is -1.51. The zero-order valence-electron chi connectivity index (χ0n) is 8.27. The zero-order chi connectivity index (χ0) is 10.4. The lowest BCUT2D eigenvalue weighted by atomic mass is 10.00. The molecular weight excluding hydrogens is 192 g/mol. The second-order valence-corrected chi connectivity index (χ2v) is 4.21.